The van der Waals surface area contributed by atoms with E-state index >= 15 is 0 Å². The molecular formula is C40H36Zr. The topological polar surface area (TPSA) is 0 Å². The van der Waals surface area contributed by atoms with Crippen molar-refractivity contribution in [2.75, 3.05) is 0 Å². The van der Waals surface area contributed by atoms with Gasteiger partial charge < -0.3 is 0 Å². The van der Waals surface area contributed by atoms with Crippen LogP contribution in [0.25, 0.3) is 32.3 Å². The normalized spacial score (nSPS) is 10.7. The third kappa shape index (κ3) is 7.16. The second-order valence-corrected chi connectivity index (χ2v) is 11.7. The minimum absolute atomic E-state index is 1.11. The first-order valence-corrected chi connectivity index (χ1v) is 15.7. The van der Waals surface area contributed by atoms with Crippen LogP contribution in [0.1, 0.15) is 41.7 Å². The SMILES string of the molecule is CCc1ccc2c(c1)[cH-]c1cc(CC)ccc12.Cc1ccc2[cH-]ccc2c1.[Zr+2]=[C](c1ccccc1)c1ccccc1. The van der Waals surface area contributed by atoms with Gasteiger partial charge in [-0.15, -0.1) is 69.4 Å². The van der Waals surface area contributed by atoms with Crippen LogP contribution in [-0.2, 0) is 37.1 Å². The van der Waals surface area contributed by atoms with Crippen molar-refractivity contribution in [3.63, 3.8) is 0 Å². The maximum atomic E-state index is 2.32. The van der Waals surface area contributed by atoms with E-state index in [2.05, 4.69) is 160 Å². The molecule has 0 radical (unpaired) electrons. The van der Waals surface area contributed by atoms with Crippen molar-refractivity contribution >= 4 is 35.5 Å². The summed E-state index contributed by atoms with van der Waals surface area (Å²) in [6, 6.07) is 50.0. The second-order valence-electron chi connectivity index (χ2n) is 10.5. The van der Waals surface area contributed by atoms with Gasteiger partial charge in [0, 0.05) is 0 Å². The minimum atomic E-state index is 1.11. The number of aryl methyl sites for hydroxylation is 3. The summed E-state index contributed by atoms with van der Waals surface area (Å²) in [5, 5.41) is 8.23. The Morgan fingerprint density at radius 1 is 0.585 bits per heavy atom. The van der Waals surface area contributed by atoms with E-state index < -0.39 is 0 Å². The van der Waals surface area contributed by atoms with Crippen molar-refractivity contribution in [3.8, 4) is 0 Å². The molecule has 0 nitrogen and oxygen atoms in total. The molecule has 0 atom stereocenters. The number of fused-ring (bicyclic) bond motifs is 4. The van der Waals surface area contributed by atoms with Gasteiger partial charge in [-0.1, -0.05) is 54.8 Å². The summed E-state index contributed by atoms with van der Waals surface area (Å²) < 4.78 is 1.42. The van der Waals surface area contributed by atoms with Gasteiger partial charge in [0.25, 0.3) is 0 Å². The zero-order chi connectivity index (χ0) is 28.6. The van der Waals surface area contributed by atoms with Gasteiger partial charge in [-0.05, 0) is 19.8 Å². The molecule has 7 aromatic carbocycles. The molecule has 0 heterocycles. The molecule has 0 unspecified atom stereocenters. The summed E-state index contributed by atoms with van der Waals surface area (Å²) in [6.07, 6.45) is 2.22. The van der Waals surface area contributed by atoms with Crippen molar-refractivity contribution < 1.29 is 24.2 Å². The van der Waals surface area contributed by atoms with Crippen LogP contribution in [0.4, 0.5) is 0 Å². The molecule has 0 amide bonds. The number of hydrogen-bond donors (Lipinski definition) is 0. The van der Waals surface area contributed by atoms with Crippen LogP contribution in [-0.4, -0.2) is 3.21 Å². The summed E-state index contributed by atoms with van der Waals surface area (Å²) >= 11 is 1.46. The number of hydrogen-bond acceptors (Lipinski definition) is 0. The van der Waals surface area contributed by atoms with E-state index in [0.29, 0.717) is 0 Å². The fourth-order valence-electron chi connectivity index (χ4n) is 5.18. The van der Waals surface area contributed by atoms with Gasteiger partial charge in [0.15, 0.2) is 0 Å². The monoisotopic (exact) mass is 606 g/mol. The Morgan fingerprint density at radius 2 is 1.12 bits per heavy atom. The van der Waals surface area contributed by atoms with E-state index in [1.165, 1.54) is 87.6 Å². The standard InChI is InChI=1S/C17H17.C13H10.C10H9.Zr/c1-3-12-5-7-16-14(9-12)11-15-10-13(4-2)6-8-17(15)16;1-3-7-12(8-4-1)11-13-9-5-2-6-10-13;1-8-5-6-9-3-2-4-10(9)7-8;/h5-11H,3-4H2,1-2H3;1-10H;2-7H,1H3;/q-1;;-1;+2. The zero-order valence-electron chi connectivity index (χ0n) is 24.2. The molecule has 0 bridgehead atoms. The van der Waals surface area contributed by atoms with Crippen LogP contribution in [0, 0.1) is 6.92 Å². The van der Waals surface area contributed by atoms with Gasteiger partial charge in [0.1, 0.15) is 0 Å². The van der Waals surface area contributed by atoms with Crippen molar-refractivity contribution in [2.24, 2.45) is 0 Å². The predicted molar refractivity (Wildman–Crippen MR) is 176 cm³/mol. The zero-order valence-corrected chi connectivity index (χ0v) is 26.7. The Hall–Kier alpha value is -3.67. The molecule has 7 aromatic rings. The van der Waals surface area contributed by atoms with Crippen molar-refractivity contribution in [1.29, 1.82) is 0 Å². The van der Waals surface area contributed by atoms with E-state index in [0.717, 1.165) is 12.8 Å². The Balaban J connectivity index is 0.000000128. The molecule has 0 N–H and O–H groups in total. The fourth-order valence-corrected chi connectivity index (χ4v) is 6.00. The molecule has 7 rings (SSSR count). The first-order chi connectivity index (χ1) is 20.1. The molecule has 0 spiro atoms. The van der Waals surface area contributed by atoms with Gasteiger partial charge in [-0.2, -0.15) is 17.5 Å². The van der Waals surface area contributed by atoms with Crippen molar-refractivity contribution in [1.82, 2.24) is 0 Å². The molecule has 0 aliphatic rings. The predicted octanol–water partition coefficient (Wildman–Crippen LogP) is 10.5. The Labute approximate surface area is 259 Å². The van der Waals surface area contributed by atoms with Crippen LogP contribution in [0.2, 0.25) is 0 Å². The molecule has 41 heavy (non-hydrogen) atoms. The second kappa shape index (κ2) is 13.8. The van der Waals surface area contributed by atoms with Gasteiger partial charge in [-0.3, -0.25) is 0 Å². The molecule has 0 fully saturated rings. The average molecular weight is 608 g/mol. The van der Waals surface area contributed by atoms with Gasteiger partial charge >= 0.3 is 99.2 Å². The van der Waals surface area contributed by atoms with Crippen LogP contribution < -0.4 is 0 Å². The summed E-state index contributed by atoms with van der Waals surface area (Å²) in [4.78, 5) is 0. The van der Waals surface area contributed by atoms with Gasteiger partial charge in [0.2, 0.25) is 0 Å². The van der Waals surface area contributed by atoms with E-state index in [4.69, 9.17) is 0 Å². The Morgan fingerprint density at radius 3 is 1.63 bits per heavy atom. The molecule has 0 aliphatic heterocycles. The van der Waals surface area contributed by atoms with E-state index in [-0.39, 0.29) is 0 Å². The van der Waals surface area contributed by atoms with E-state index in [9.17, 15) is 0 Å². The molecule has 0 saturated carbocycles. The Kier molecular flexibility index (Phi) is 9.71. The molecule has 0 saturated heterocycles. The fraction of sp³-hybridized carbons (Fsp3) is 0.125. The molecule has 1 heteroatoms. The molecular weight excluding hydrogens is 572 g/mol. The average Bonchev–Trinajstić information content (AvgIpc) is 3.65. The summed E-state index contributed by atoms with van der Waals surface area (Å²) in [7, 11) is 0. The maximum absolute atomic E-state index is 2.32. The quantitative estimate of drug-likeness (QED) is 0.175. The number of benzene rings is 5. The van der Waals surface area contributed by atoms with Crippen molar-refractivity contribution in [2.45, 2.75) is 33.6 Å². The third-order valence-corrected chi connectivity index (χ3v) is 8.99. The third-order valence-electron chi connectivity index (χ3n) is 7.57. The van der Waals surface area contributed by atoms with E-state index in [1.54, 1.807) is 0 Å². The van der Waals surface area contributed by atoms with E-state index in [1.807, 2.05) is 0 Å². The molecule has 0 aliphatic carbocycles. The van der Waals surface area contributed by atoms with Crippen LogP contribution in [0.3, 0.4) is 0 Å². The first kappa shape index (κ1) is 28.8. The first-order valence-electron chi connectivity index (χ1n) is 14.5. The Bertz CT molecular complexity index is 1770. The molecule has 0 aromatic heterocycles. The van der Waals surface area contributed by atoms with Crippen molar-refractivity contribution in [3.05, 3.63) is 167 Å². The van der Waals surface area contributed by atoms with Gasteiger partial charge in [-0.25, -0.2) is 0 Å². The van der Waals surface area contributed by atoms with Crippen LogP contribution in [0.5, 0.6) is 0 Å². The van der Waals surface area contributed by atoms with Crippen LogP contribution in [0.15, 0.2) is 140 Å². The number of rotatable bonds is 4. The summed E-state index contributed by atoms with van der Waals surface area (Å²) in [5.41, 5.74) is 6.83. The summed E-state index contributed by atoms with van der Waals surface area (Å²) in [6.45, 7) is 6.53. The van der Waals surface area contributed by atoms with Crippen LogP contribution >= 0.6 is 0 Å². The summed E-state index contributed by atoms with van der Waals surface area (Å²) in [5.74, 6) is 0. The molecule has 200 valence electrons. The van der Waals surface area contributed by atoms with Gasteiger partial charge in [0.05, 0.1) is 0 Å².